The first-order chi connectivity index (χ1) is 13.7. The summed E-state index contributed by atoms with van der Waals surface area (Å²) in [6, 6.07) is 10.8. The van der Waals surface area contributed by atoms with E-state index in [9.17, 15) is 0 Å². The van der Waals surface area contributed by atoms with Crippen LogP contribution in [-0.2, 0) is 6.54 Å². The average Bonchev–Trinajstić information content (AvgIpc) is 3.19. The van der Waals surface area contributed by atoms with Crippen molar-refractivity contribution in [3.63, 3.8) is 0 Å². The Morgan fingerprint density at radius 2 is 1.89 bits per heavy atom. The molecule has 7 heteroatoms. The molecule has 0 spiro atoms. The van der Waals surface area contributed by atoms with E-state index < -0.39 is 0 Å². The monoisotopic (exact) mass is 398 g/mol. The third kappa shape index (κ3) is 3.99. The van der Waals surface area contributed by atoms with Crippen molar-refractivity contribution in [3.05, 3.63) is 59.1 Å². The fourth-order valence-electron chi connectivity index (χ4n) is 4.39. The first-order valence-electron chi connectivity index (χ1n) is 9.88. The summed E-state index contributed by atoms with van der Waals surface area (Å²) >= 11 is 5.97. The summed E-state index contributed by atoms with van der Waals surface area (Å²) in [7, 11) is 2.01. The predicted octanol–water partition coefficient (Wildman–Crippen LogP) is 3.36. The summed E-state index contributed by atoms with van der Waals surface area (Å²) in [4.78, 5) is 8.64. The van der Waals surface area contributed by atoms with Gasteiger partial charge in [-0.15, -0.1) is 0 Å². The van der Waals surface area contributed by atoms with Gasteiger partial charge in [0.2, 0.25) is 0 Å². The van der Waals surface area contributed by atoms with Gasteiger partial charge in [-0.3, -0.25) is 4.68 Å². The zero-order valence-corrected chi connectivity index (χ0v) is 16.9. The third-order valence-corrected chi connectivity index (χ3v) is 6.15. The Balaban J connectivity index is 1.39. The highest BCUT2D eigenvalue weighted by molar-refractivity contribution is 6.30. The van der Waals surface area contributed by atoms with E-state index in [-0.39, 0.29) is 6.04 Å². The molecule has 0 bridgehead atoms. The van der Waals surface area contributed by atoms with Crippen molar-refractivity contribution in [2.45, 2.75) is 44.3 Å². The molecule has 0 radical (unpaired) electrons. The van der Waals surface area contributed by atoms with Crippen LogP contribution < -0.4 is 16.5 Å². The van der Waals surface area contributed by atoms with Crippen molar-refractivity contribution in [2.75, 3.05) is 12.9 Å². The summed E-state index contributed by atoms with van der Waals surface area (Å²) in [6.45, 7) is 0.884. The van der Waals surface area contributed by atoms with Gasteiger partial charge in [-0.1, -0.05) is 23.7 Å². The minimum atomic E-state index is 0.192. The van der Waals surface area contributed by atoms with Crippen LogP contribution in [0.1, 0.15) is 43.0 Å². The molecule has 2 aliphatic heterocycles. The third-order valence-electron chi connectivity index (χ3n) is 5.89. The number of nitrogen functional groups attached to an aromatic ring is 1. The maximum absolute atomic E-state index is 6.24. The summed E-state index contributed by atoms with van der Waals surface area (Å²) in [5.74, 6) is 7.54. The van der Waals surface area contributed by atoms with Crippen molar-refractivity contribution in [2.24, 2.45) is 5.92 Å². The van der Waals surface area contributed by atoms with E-state index >= 15 is 0 Å². The minimum Gasteiger partial charge on any atom is -0.338 e. The lowest BCUT2D eigenvalue weighted by Crippen LogP contribution is -2.38. The SMILES string of the molecule is CNC(c1c2ccnc-2ncn1N)C1CCC(NCc2ccc(Cl)cc2)CC1. The van der Waals surface area contributed by atoms with E-state index in [1.54, 1.807) is 17.2 Å². The lowest BCUT2D eigenvalue weighted by atomic mass is 9.79. The number of nitrogens with one attached hydrogen (secondary N) is 2. The fourth-order valence-corrected chi connectivity index (χ4v) is 4.52. The van der Waals surface area contributed by atoms with Gasteiger partial charge in [0.15, 0.2) is 5.82 Å². The number of hydrogen-bond acceptors (Lipinski definition) is 5. The summed E-state index contributed by atoms with van der Waals surface area (Å²) in [6.07, 6.45) is 8.09. The van der Waals surface area contributed by atoms with Crippen LogP contribution in [0.5, 0.6) is 0 Å². The molecule has 1 atom stereocenters. The predicted molar refractivity (Wildman–Crippen MR) is 113 cm³/mol. The van der Waals surface area contributed by atoms with Crippen molar-refractivity contribution in [1.29, 1.82) is 0 Å². The standard InChI is InChI=1S/C21H27ClN6/c1-24-19(20-18-10-11-25-21(18)27-13-28(20)23)15-4-8-17(9-5-15)26-12-14-2-6-16(22)7-3-14/h2-3,6-7,10-11,13,15,17,19,24,26H,4-5,8-9,12,23H2,1H3. The van der Waals surface area contributed by atoms with E-state index in [0.717, 1.165) is 54.3 Å². The number of nitrogens with two attached hydrogens (primary N) is 1. The molecule has 148 valence electrons. The first kappa shape index (κ1) is 19.2. The number of rotatable bonds is 6. The van der Waals surface area contributed by atoms with E-state index in [4.69, 9.17) is 17.4 Å². The molecule has 3 aliphatic rings. The highest BCUT2D eigenvalue weighted by atomic mass is 35.5. The van der Waals surface area contributed by atoms with Gasteiger partial charge in [-0.25, -0.2) is 9.97 Å². The molecule has 1 aliphatic carbocycles. The maximum atomic E-state index is 6.24. The van der Waals surface area contributed by atoms with Crippen LogP contribution in [0.2, 0.25) is 5.02 Å². The Hall–Kier alpha value is -2.15. The number of aromatic nitrogens is 3. The summed E-state index contributed by atoms with van der Waals surface area (Å²) < 4.78 is 1.65. The Morgan fingerprint density at radius 1 is 1.14 bits per heavy atom. The second-order valence-corrected chi connectivity index (χ2v) is 8.04. The van der Waals surface area contributed by atoms with Crippen molar-refractivity contribution in [1.82, 2.24) is 25.3 Å². The number of benzene rings is 1. The van der Waals surface area contributed by atoms with Gasteiger partial charge in [0.1, 0.15) is 6.33 Å². The van der Waals surface area contributed by atoms with Crippen LogP contribution in [-0.4, -0.2) is 27.7 Å². The average molecular weight is 399 g/mol. The maximum Gasteiger partial charge on any atom is 0.162 e. The molecule has 28 heavy (non-hydrogen) atoms. The Kier molecular flexibility index (Phi) is 5.80. The van der Waals surface area contributed by atoms with Crippen LogP contribution in [0.4, 0.5) is 0 Å². The molecule has 2 heterocycles. The smallest absolute Gasteiger partial charge is 0.162 e. The van der Waals surface area contributed by atoms with Gasteiger partial charge < -0.3 is 16.5 Å². The largest absolute Gasteiger partial charge is 0.338 e. The highest BCUT2D eigenvalue weighted by Crippen LogP contribution is 2.37. The quantitative estimate of drug-likeness (QED) is 0.555. The summed E-state index contributed by atoms with van der Waals surface area (Å²) in [5, 5.41) is 7.98. The molecule has 6 nitrogen and oxygen atoms in total. The van der Waals surface area contributed by atoms with E-state index in [0.29, 0.717) is 12.0 Å². The van der Waals surface area contributed by atoms with Crippen molar-refractivity contribution in [3.8, 4) is 11.4 Å². The second-order valence-electron chi connectivity index (χ2n) is 7.60. The van der Waals surface area contributed by atoms with Crippen molar-refractivity contribution >= 4 is 11.6 Å². The number of fused-ring (bicyclic) bond motifs is 1. The van der Waals surface area contributed by atoms with Crippen LogP contribution in [0.15, 0.2) is 42.9 Å². The van der Waals surface area contributed by atoms with Gasteiger partial charge >= 0.3 is 0 Å². The Bertz CT molecular complexity index is 869. The molecule has 4 rings (SSSR count). The number of nitrogens with zero attached hydrogens (tertiary/aromatic N) is 3. The van der Waals surface area contributed by atoms with E-state index in [1.165, 1.54) is 5.56 Å². The molecular weight excluding hydrogens is 372 g/mol. The van der Waals surface area contributed by atoms with Gasteiger partial charge in [-0.05, 0) is 62.4 Å². The molecule has 1 fully saturated rings. The molecule has 1 aromatic carbocycles. The van der Waals surface area contributed by atoms with Gasteiger partial charge in [-0.2, -0.15) is 0 Å². The molecule has 0 aromatic heterocycles. The van der Waals surface area contributed by atoms with E-state index in [2.05, 4.69) is 32.7 Å². The van der Waals surface area contributed by atoms with Gasteiger partial charge in [0.05, 0.1) is 11.7 Å². The number of halogens is 1. The fraction of sp³-hybridized carbons (Fsp3) is 0.429. The molecule has 1 saturated carbocycles. The normalized spacial score (nSPS) is 21.1. The van der Waals surface area contributed by atoms with Gasteiger partial charge in [0.25, 0.3) is 0 Å². The first-order valence-corrected chi connectivity index (χ1v) is 10.3. The van der Waals surface area contributed by atoms with Crippen molar-refractivity contribution < 1.29 is 0 Å². The van der Waals surface area contributed by atoms with Crippen LogP contribution in [0.25, 0.3) is 11.4 Å². The lowest BCUT2D eigenvalue weighted by Gasteiger charge is -2.35. The lowest BCUT2D eigenvalue weighted by molar-refractivity contribution is 0.237. The van der Waals surface area contributed by atoms with Crippen LogP contribution in [0.3, 0.4) is 0 Å². The highest BCUT2D eigenvalue weighted by Gasteiger charge is 2.31. The Morgan fingerprint density at radius 3 is 2.61 bits per heavy atom. The van der Waals surface area contributed by atoms with Crippen LogP contribution in [0, 0.1) is 5.92 Å². The number of hydrogen-bond donors (Lipinski definition) is 3. The summed E-state index contributed by atoms with van der Waals surface area (Å²) in [5.41, 5.74) is 3.38. The molecule has 0 amide bonds. The second kappa shape index (κ2) is 8.47. The van der Waals surface area contributed by atoms with Gasteiger partial charge in [0, 0.05) is 29.4 Å². The zero-order valence-electron chi connectivity index (χ0n) is 16.1. The molecule has 1 unspecified atom stereocenters. The topological polar surface area (TPSA) is 80.8 Å². The zero-order chi connectivity index (χ0) is 19.5. The Labute approximate surface area is 170 Å². The molecule has 0 saturated heterocycles. The molecular formula is C21H27ClN6. The van der Waals surface area contributed by atoms with E-state index in [1.807, 2.05) is 25.2 Å². The molecule has 1 aromatic rings. The van der Waals surface area contributed by atoms with Crippen LogP contribution >= 0.6 is 11.6 Å². The molecule has 4 N–H and O–H groups in total. The minimum absolute atomic E-state index is 0.192.